The highest BCUT2D eigenvalue weighted by molar-refractivity contribution is 6.42. The Labute approximate surface area is 126 Å². The Morgan fingerprint density at radius 1 is 1.35 bits per heavy atom. The molecule has 1 aliphatic heterocycles. The van der Waals surface area contributed by atoms with Gasteiger partial charge in [-0.15, -0.1) is 0 Å². The average molecular weight is 320 g/mol. The van der Waals surface area contributed by atoms with Gasteiger partial charge in [-0.2, -0.15) is 0 Å². The standard InChI is InChI=1S/C13H15Cl2NO4/c14-10-2-1-9(7-11(10)15)13(8-17)3-4-16(12(18)19)5-6-20-13/h1-2,7,17H,3-6,8H2,(H,18,19)/t13-/m0/s1. The van der Waals surface area contributed by atoms with E-state index in [0.717, 1.165) is 0 Å². The predicted octanol–water partition coefficient (Wildman–Crippen LogP) is 2.58. The summed E-state index contributed by atoms with van der Waals surface area (Å²) in [5.74, 6) is 0. The molecule has 0 spiro atoms. The smallest absolute Gasteiger partial charge is 0.407 e. The first-order valence-corrected chi connectivity index (χ1v) is 6.92. The number of rotatable bonds is 2. The van der Waals surface area contributed by atoms with E-state index in [-0.39, 0.29) is 26.3 Å². The molecule has 1 heterocycles. The van der Waals surface area contributed by atoms with Crippen LogP contribution in [0.3, 0.4) is 0 Å². The molecule has 0 aromatic heterocycles. The average Bonchev–Trinajstić information content (AvgIpc) is 2.65. The van der Waals surface area contributed by atoms with Gasteiger partial charge in [-0.3, -0.25) is 0 Å². The van der Waals surface area contributed by atoms with Crippen LogP contribution in [0.25, 0.3) is 0 Å². The van der Waals surface area contributed by atoms with Crippen LogP contribution in [0.15, 0.2) is 18.2 Å². The fourth-order valence-corrected chi connectivity index (χ4v) is 2.56. The van der Waals surface area contributed by atoms with Gasteiger partial charge in [0.1, 0.15) is 5.60 Å². The minimum absolute atomic E-state index is 0.215. The van der Waals surface area contributed by atoms with E-state index < -0.39 is 11.7 Å². The lowest BCUT2D eigenvalue weighted by Crippen LogP contribution is -2.35. The highest BCUT2D eigenvalue weighted by Crippen LogP contribution is 2.35. The number of benzene rings is 1. The van der Waals surface area contributed by atoms with Crippen molar-refractivity contribution in [3.8, 4) is 0 Å². The van der Waals surface area contributed by atoms with E-state index in [0.29, 0.717) is 22.0 Å². The van der Waals surface area contributed by atoms with E-state index in [1.165, 1.54) is 4.90 Å². The van der Waals surface area contributed by atoms with Gasteiger partial charge in [0.25, 0.3) is 0 Å². The lowest BCUT2D eigenvalue weighted by molar-refractivity contribution is -0.0792. The van der Waals surface area contributed by atoms with Crippen LogP contribution in [-0.4, -0.2) is 47.5 Å². The molecule has 1 atom stereocenters. The lowest BCUT2D eigenvalue weighted by atomic mass is 9.91. The Balaban J connectivity index is 2.29. The molecule has 1 aliphatic rings. The van der Waals surface area contributed by atoms with Gasteiger partial charge in [0.2, 0.25) is 0 Å². The molecule has 0 unspecified atom stereocenters. The van der Waals surface area contributed by atoms with E-state index in [4.69, 9.17) is 33.0 Å². The maximum absolute atomic E-state index is 11.0. The topological polar surface area (TPSA) is 70.0 Å². The van der Waals surface area contributed by atoms with Crippen molar-refractivity contribution in [3.05, 3.63) is 33.8 Å². The fraction of sp³-hybridized carbons (Fsp3) is 0.462. The molecule has 7 heteroatoms. The van der Waals surface area contributed by atoms with Gasteiger partial charge in [-0.25, -0.2) is 4.79 Å². The largest absolute Gasteiger partial charge is 0.465 e. The maximum Gasteiger partial charge on any atom is 0.407 e. The molecule has 110 valence electrons. The monoisotopic (exact) mass is 319 g/mol. The molecule has 2 rings (SSSR count). The molecule has 0 saturated carbocycles. The fourth-order valence-electron chi connectivity index (χ4n) is 2.27. The van der Waals surface area contributed by atoms with Crippen molar-refractivity contribution in [2.45, 2.75) is 12.0 Å². The van der Waals surface area contributed by atoms with E-state index in [2.05, 4.69) is 0 Å². The second kappa shape index (κ2) is 6.18. The molecular weight excluding hydrogens is 305 g/mol. The summed E-state index contributed by atoms with van der Waals surface area (Å²) < 4.78 is 5.74. The van der Waals surface area contributed by atoms with E-state index in [1.54, 1.807) is 18.2 Å². The number of hydrogen-bond donors (Lipinski definition) is 2. The second-order valence-corrected chi connectivity index (χ2v) is 5.46. The quantitative estimate of drug-likeness (QED) is 0.879. The summed E-state index contributed by atoms with van der Waals surface area (Å²) in [4.78, 5) is 12.3. The van der Waals surface area contributed by atoms with Gasteiger partial charge in [0.05, 0.1) is 23.3 Å². The highest BCUT2D eigenvalue weighted by Gasteiger charge is 2.36. The molecule has 1 fully saturated rings. The second-order valence-electron chi connectivity index (χ2n) is 4.65. The van der Waals surface area contributed by atoms with Crippen LogP contribution in [0.5, 0.6) is 0 Å². The minimum Gasteiger partial charge on any atom is -0.465 e. The number of aliphatic hydroxyl groups excluding tert-OH is 1. The summed E-state index contributed by atoms with van der Waals surface area (Å²) >= 11 is 11.9. The van der Waals surface area contributed by atoms with Crippen molar-refractivity contribution in [1.82, 2.24) is 4.90 Å². The van der Waals surface area contributed by atoms with E-state index in [1.807, 2.05) is 0 Å². The Hall–Kier alpha value is -1.01. The zero-order chi connectivity index (χ0) is 14.8. The van der Waals surface area contributed by atoms with Crippen molar-refractivity contribution in [2.75, 3.05) is 26.3 Å². The number of aliphatic hydroxyl groups is 1. The lowest BCUT2D eigenvalue weighted by Gasteiger charge is -2.31. The Morgan fingerprint density at radius 2 is 2.10 bits per heavy atom. The van der Waals surface area contributed by atoms with Gasteiger partial charge in [-0.1, -0.05) is 29.3 Å². The number of carbonyl (C=O) groups is 1. The van der Waals surface area contributed by atoms with E-state index in [9.17, 15) is 9.90 Å². The number of amides is 1. The van der Waals surface area contributed by atoms with Crippen LogP contribution in [0.4, 0.5) is 4.79 Å². The molecule has 1 aromatic carbocycles. The van der Waals surface area contributed by atoms with Crippen molar-refractivity contribution < 1.29 is 19.7 Å². The van der Waals surface area contributed by atoms with Crippen LogP contribution >= 0.6 is 23.2 Å². The summed E-state index contributed by atoms with van der Waals surface area (Å²) in [7, 11) is 0. The van der Waals surface area contributed by atoms with Gasteiger partial charge in [0.15, 0.2) is 0 Å². The number of hydrogen-bond acceptors (Lipinski definition) is 3. The Morgan fingerprint density at radius 3 is 2.70 bits per heavy atom. The first-order chi connectivity index (χ1) is 9.48. The molecule has 20 heavy (non-hydrogen) atoms. The summed E-state index contributed by atoms with van der Waals surface area (Å²) in [6.45, 7) is 0.528. The van der Waals surface area contributed by atoms with Crippen LogP contribution < -0.4 is 0 Å². The molecular formula is C13H15Cl2NO4. The molecule has 0 bridgehead atoms. The van der Waals surface area contributed by atoms with E-state index >= 15 is 0 Å². The Kier molecular flexibility index (Phi) is 4.75. The van der Waals surface area contributed by atoms with Crippen LogP contribution in [-0.2, 0) is 10.3 Å². The third-order valence-electron chi connectivity index (χ3n) is 3.50. The normalized spacial score (nSPS) is 23.4. The van der Waals surface area contributed by atoms with Crippen LogP contribution in [0.2, 0.25) is 10.0 Å². The summed E-state index contributed by atoms with van der Waals surface area (Å²) in [5, 5.41) is 19.6. The van der Waals surface area contributed by atoms with Gasteiger partial charge in [0, 0.05) is 19.5 Å². The molecule has 0 radical (unpaired) electrons. The summed E-state index contributed by atoms with van der Waals surface area (Å²) in [6, 6.07) is 5.03. The molecule has 1 aromatic rings. The van der Waals surface area contributed by atoms with Crippen LogP contribution in [0.1, 0.15) is 12.0 Å². The first-order valence-electron chi connectivity index (χ1n) is 6.17. The zero-order valence-electron chi connectivity index (χ0n) is 10.7. The maximum atomic E-state index is 11.0. The van der Waals surface area contributed by atoms with Crippen molar-refractivity contribution in [2.24, 2.45) is 0 Å². The molecule has 5 nitrogen and oxygen atoms in total. The summed E-state index contributed by atoms with van der Waals surface area (Å²) in [6.07, 6.45) is -0.634. The van der Waals surface area contributed by atoms with Crippen molar-refractivity contribution in [3.63, 3.8) is 0 Å². The Bertz CT molecular complexity index is 511. The first kappa shape index (κ1) is 15.4. The highest BCUT2D eigenvalue weighted by atomic mass is 35.5. The third kappa shape index (κ3) is 3.01. The minimum atomic E-state index is -0.989. The number of halogens is 2. The third-order valence-corrected chi connectivity index (χ3v) is 4.24. The predicted molar refractivity (Wildman–Crippen MR) is 75.4 cm³/mol. The molecule has 1 saturated heterocycles. The number of ether oxygens (including phenoxy) is 1. The van der Waals surface area contributed by atoms with Gasteiger partial charge in [-0.05, 0) is 17.7 Å². The molecule has 2 N–H and O–H groups in total. The zero-order valence-corrected chi connectivity index (χ0v) is 12.2. The van der Waals surface area contributed by atoms with Crippen LogP contribution in [0, 0.1) is 0 Å². The SMILES string of the molecule is O=C(O)N1CCO[C@@](CO)(c2ccc(Cl)c(Cl)c2)CC1. The molecule has 1 amide bonds. The molecule has 0 aliphatic carbocycles. The van der Waals surface area contributed by atoms with Gasteiger partial charge >= 0.3 is 6.09 Å². The van der Waals surface area contributed by atoms with Gasteiger partial charge < -0.3 is 19.8 Å². The van der Waals surface area contributed by atoms with Crippen molar-refractivity contribution >= 4 is 29.3 Å². The van der Waals surface area contributed by atoms with Crippen molar-refractivity contribution in [1.29, 1.82) is 0 Å². The number of carboxylic acid groups (broad SMARTS) is 1. The number of nitrogens with zero attached hydrogens (tertiary/aromatic N) is 1. The summed E-state index contributed by atoms with van der Waals surface area (Å²) in [5.41, 5.74) is -0.250.